The van der Waals surface area contributed by atoms with E-state index in [0.29, 0.717) is 5.75 Å². The number of hydrogen-bond donors (Lipinski definition) is 0. The number of thioether (sulfide) groups is 1. The predicted octanol–water partition coefficient (Wildman–Crippen LogP) is -0.0151. The molecule has 0 N–H and O–H groups in total. The van der Waals surface area contributed by atoms with Crippen LogP contribution in [0.15, 0.2) is 0 Å². The average Bonchev–Trinajstić information content (AvgIpc) is 2.63. The van der Waals surface area contributed by atoms with Crippen molar-refractivity contribution in [3.63, 3.8) is 0 Å². The number of likely N-dealkylation sites (N-methyl/N-ethyl adjacent to an activating group) is 1. The number of esters is 1. The molecule has 1 heterocycles. The summed E-state index contributed by atoms with van der Waals surface area (Å²) < 4.78 is 10.0. The summed E-state index contributed by atoms with van der Waals surface area (Å²) in [4.78, 5) is 26.9. The van der Waals surface area contributed by atoms with Crippen LogP contribution in [0.2, 0.25) is 0 Å². The van der Waals surface area contributed by atoms with Gasteiger partial charge in [-0.25, -0.2) is 5.06 Å². The van der Waals surface area contributed by atoms with Gasteiger partial charge in [0.25, 0.3) is 5.91 Å². The lowest BCUT2D eigenvalue weighted by molar-refractivity contribution is -0.190. The fourth-order valence-corrected chi connectivity index (χ4v) is 1.97. The van der Waals surface area contributed by atoms with Crippen LogP contribution in [0.25, 0.3) is 0 Å². The Balaban J connectivity index is 2.42. The molecule has 1 saturated heterocycles. The van der Waals surface area contributed by atoms with E-state index in [1.165, 1.54) is 32.8 Å². The van der Waals surface area contributed by atoms with Gasteiger partial charge in [-0.15, -0.1) is 11.8 Å². The molecule has 1 amide bonds. The highest BCUT2D eigenvalue weighted by atomic mass is 32.2. The molecule has 86 valence electrons. The van der Waals surface area contributed by atoms with Crippen LogP contribution < -0.4 is 0 Å². The Morgan fingerprint density at radius 3 is 2.73 bits per heavy atom. The molecule has 1 aliphatic heterocycles. The summed E-state index contributed by atoms with van der Waals surface area (Å²) in [6.07, 6.45) is -0.647. The number of carbonyl (C=O) groups excluding carboxylic acids is 2. The largest absolute Gasteiger partial charge is 0.435 e. The zero-order valence-electron chi connectivity index (χ0n) is 8.76. The second-order valence-corrected chi connectivity index (χ2v) is 3.95. The molecule has 0 aromatic rings. The first-order valence-corrected chi connectivity index (χ1v) is 5.35. The standard InChI is InChI=1S/C8H13NO5S/c1-5(10)13-6-4-15-8(14-6)7(11)9(2)12-3/h6,8H,4H2,1-3H3/t6-,8-/m0/s1. The van der Waals surface area contributed by atoms with Crippen LogP contribution in [-0.4, -0.2) is 48.6 Å². The highest BCUT2D eigenvalue weighted by molar-refractivity contribution is 8.00. The number of hydrogen-bond acceptors (Lipinski definition) is 6. The molecule has 0 spiro atoms. The van der Waals surface area contributed by atoms with Gasteiger partial charge >= 0.3 is 5.97 Å². The summed E-state index contributed by atoms with van der Waals surface area (Å²) in [5, 5.41) is 1.08. The SMILES string of the molecule is CON(C)C(=O)[C@H]1O[C@H](OC(C)=O)CS1. The van der Waals surface area contributed by atoms with Crippen molar-refractivity contribution in [1.82, 2.24) is 5.06 Å². The van der Waals surface area contributed by atoms with Crippen molar-refractivity contribution in [3.8, 4) is 0 Å². The molecular formula is C8H13NO5S. The van der Waals surface area contributed by atoms with E-state index in [4.69, 9.17) is 14.3 Å². The minimum atomic E-state index is -0.667. The Morgan fingerprint density at radius 1 is 1.53 bits per heavy atom. The Hall–Kier alpha value is -0.790. The predicted molar refractivity (Wildman–Crippen MR) is 52.7 cm³/mol. The first-order chi connectivity index (χ1) is 7.04. The van der Waals surface area contributed by atoms with Crippen molar-refractivity contribution in [2.75, 3.05) is 19.9 Å². The third kappa shape index (κ3) is 3.37. The number of nitrogens with zero attached hydrogens (tertiary/aromatic N) is 1. The zero-order chi connectivity index (χ0) is 11.4. The third-order valence-electron chi connectivity index (χ3n) is 1.74. The van der Waals surface area contributed by atoms with Crippen molar-refractivity contribution in [2.45, 2.75) is 18.6 Å². The lowest BCUT2D eigenvalue weighted by atomic mass is 10.6. The lowest BCUT2D eigenvalue weighted by Gasteiger charge is -2.17. The Kier molecular flexibility index (Phi) is 4.37. The van der Waals surface area contributed by atoms with E-state index >= 15 is 0 Å². The van der Waals surface area contributed by atoms with Gasteiger partial charge in [0.05, 0.1) is 12.9 Å². The quantitative estimate of drug-likeness (QED) is 0.506. The van der Waals surface area contributed by atoms with Gasteiger partial charge in [0, 0.05) is 14.0 Å². The molecule has 0 saturated carbocycles. The summed E-state index contributed by atoms with van der Waals surface area (Å²) >= 11 is 1.27. The van der Waals surface area contributed by atoms with Crippen molar-refractivity contribution in [2.24, 2.45) is 0 Å². The summed E-state index contributed by atoms with van der Waals surface area (Å²) in [7, 11) is 2.88. The van der Waals surface area contributed by atoms with Crippen molar-refractivity contribution in [3.05, 3.63) is 0 Å². The molecule has 1 rings (SSSR count). The van der Waals surface area contributed by atoms with Crippen LogP contribution in [0.4, 0.5) is 0 Å². The average molecular weight is 235 g/mol. The molecule has 6 nitrogen and oxygen atoms in total. The fourth-order valence-electron chi connectivity index (χ4n) is 0.997. The highest BCUT2D eigenvalue weighted by Gasteiger charge is 2.35. The van der Waals surface area contributed by atoms with Crippen LogP contribution in [0.5, 0.6) is 0 Å². The first-order valence-electron chi connectivity index (χ1n) is 4.30. The number of carbonyl (C=O) groups is 2. The minimum Gasteiger partial charge on any atom is -0.435 e. The van der Waals surface area contributed by atoms with Crippen molar-refractivity contribution < 1.29 is 23.9 Å². The normalized spacial score (nSPS) is 25.0. The fraction of sp³-hybridized carbons (Fsp3) is 0.750. The second kappa shape index (κ2) is 5.34. The van der Waals surface area contributed by atoms with Crippen molar-refractivity contribution in [1.29, 1.82) is 0 Å². The number of amides is 1. The topological polar surface area (TPSA) is 65.1 Å². The van der Waals surface area contributed by atoms with Gasteiger partial charge in [-0.3, -0.25) is 14.4 Å². The maximum absolute atomic E-state index is 11.5. The molecule has 0 aromatic carbocycles. The van der Waals surface area contributed by atoms with Crippen LogP contribution >= 0.6 is 11.8 Å². The molecular weight excluding hydrogens is 222 g/mol. The van der Waals surface area contributed by atoms with Gasteiger partial charge in [-0.05, 0) is 0 Å². The summed E-state index contributed by atoms with van der Waals surface area (Å²) in [5.41, 5.74) is -0.667. The molecule has 15 heavy (non-hydrogen) atoms. The number of rotatable bonds is 3. The Bertz CT molecular complexity index is 259. The molecule has 7 heteroatoms. The Morgan fingerprint density at radius 2 is 2.20 bits per heavy atom. The maximum Gasteiger partial charge on any atom is 0.304 e. The van der Waals surface area contributed by atoms with Crippen LogP contribution in [0, 0.1) is 0 Å². The first kappa shape index (κ1) is 12.3. The van der Waals surface area contributed by atoms with Crippen molar-refractivity contribution >= 4 is 23.6 Å². The Labute approximate surface area is 91.8 Å². The molecule has 0 aliphatic carbocycles. The zero-order valence-corrected chi connectivity index (χ0v) is 9.58. The molecule has 1 fully saturated rings. The van der Waals surface area contributed by atoms with E-state index in [-0.39, 0.29) is 5.91 Å². The third-order valence-corrected chi connectivity index (χ3v) is 2.82. The van der Waals surface area contributed by atoms with Gasteiger partial charge in [-0.2, -0.15) is 0 Å². The molecule has 0 radical (unpaired) electrons. The second-order valence-electron chi connectivity index (χ2n) is 2.86. The molecule has 0 bridgehead atoms. The van der Waals surface area contributed by atoms with Gasteiger partial charge in [0.1, 0.15) is 0 Å². The van der Waals surface area contributed by atoms with E-state index < -0.39 is 17.7 Å². The minimum absolute atomic E-state index is 0.308. The molecule has 1 aliphatic rings. The van der Waals surface area contributed by atoms with E-state index in [2.05, 4.69) is 0 Å². The van der Waals surface area contributed by atoms with Crippen LogP contribution in [-0.2, 0) is 23.9 Å². The summed E-state index contributed by atoms with van der Waals surface area (Å²) in [5.74, 6) is -0.279. The van der Waals surface area contributed by atoms with E-state index in [0.717, 1.165) is 5.06 Å². The maximum atomic E-state index is 11.5. The van der Waals surface area contributed by atoms with Crippen LogP contribution in [0.3, 0.4) is 0 Å². The van der Waals surface area contributed by atoms with Gasteiger partial charge in [0.15, 0.2) is 5.44 Å². The molecule has 2 atom stereocenters. The monoisotopic (exact) mass is 235 g/mol. The van der Waals surface area contributed by atoms with E-state index in [1.807, 2.05) is 0 Å². The number of ether oxygens (including phenoxy) is 2. The van der Waals surface area contributed by atoms with Gasteiger partial charge in [-0.1, -0.05) is 0 Å². The smallest absolute Gasteiger partial charge is 0.304 e. The summed E-state index contributed by atoms with van der Waals surface area (Å²) in [6, 6.07) is 0. The van der Waals surface area contributed by atoms with Crippen LogP contribution in [0.1, 0.15) is 6.92 Å². The highest BCUT2D eigenvalue weighted by Crippen LogP contribution is 2.27. The molecule has 0 unspecified atom stereocenters. The van der Waals surface area contributed by atoms with Gasteiger partial charge < -0.3 is 9.47 Å². The van der Waals surface area contributed by atoms with E-state index in [1.54, 1.807) is 0 Å². The van der Waals surface area contributed by atoms with Gasteiger partial charge in [0.2, 0.25) is 6.29 Å². The summed E-state index contributed by atoms with van der Waals surface area (Å²) in [6.45, 7) is 1.30. The molecule has 0 aromatic heterocycles. The number of hydroxylamine groups is 2. The van der Waals surface area contributed by atoms with E-state index in [9.17, 15) is 9.59 Å². The lowest BCUT2D eigenvalue weighted by Crippen LogP contribution is -2.34.